The first-order chi connectivity index (χ1) is 9.74. The second-order valence-corrected chi connectivity index (χ2v) is 4.83. The number of ether oxygens (including phenoxy) is 1. The van der Waals surface area contributed by atoms with Crippen LogP contribution in [0.3, 0.4) is 0 Å². The number of nitrogens with zero attached hydrogens (tertiary/aromatic N) is 2. The minimum Gasteiger partial charge on any atom is -0.486 e. The quantitative estimate of drug-likeness (QED) is 0.842. The van der Waals surface area contributed by atoms with Crippen molar-refractivity contribution < 1.29 is 4.74 Å². The molecule has 2 rings (SSSR count). The molecule has 0 spiro atoms. The number of benzene rings is 1. The Labute approximate surface area is 120 Å². The average Bonchev–Trinajstić information content (AvgIpc) is 2.89. The summed E-state index contributed by atoms with van der Waals surface area (Å²) in [6.45, 7) is 5.80. The first kappa shape index (κ1) is 14.6. The van der Waals surface area contributed by atoms with Crippen molar-refractivity contribution in [3.8, 4) is 5.75 Å². The second-order valence-electron chi connectivity index (χ2n) is 4.83. The van der Waals surface area contributed by atoms with Crippen LogP contribution in [0, 0.1) is 0 Å². The van der Waals surface area contributed by atoms with Crippen molar-refractivity contribution in [1.29, 1.82) is 0 Å². The van der Waals surface area contributed by atoms with E-state index in [9.17, 15) is 0 Å². The van der Waals surface area contributed by atoms with Gasteiger partial charge in [0.1, 0.15) is 18.2 Å². The summed E-state index contributed by atoms with van der Waals surface area (Å²) in [6, 6.07) is 8.73. The number of nitrogens with one attached hydrogen (secondary N) is 1. The van der Waals surface area contributed by atoms with Crippen LogP contribution < -0.4 is 10.1 Å². The van der Waals surface area contributed by atoms with Gasteiger partial charge in [0.15, 0.2) is 0 Å². The molecule has 0 aliphatic heterocycles. The summed E-state index contributed by atoms with van der Waals surface area (Å²) in [7, 11) is 1.97. The normalized spacial score (nSPS) is 12.3. The summed E-state index contributed by atoms with van der Waals surface area (Å²) < 4.78 is 7.72. The van der Waals surface area contributed by atoms with Gasteiger partial charge in [-0.2, -0.15) is 0 Å². The Morgan fingerprint density at radius 2 is 2.00 bits per heavy atom. The Bertz CT molecular complexity index is 519. The lowest BCUT2D eigenvalue weighted by Gasteiger charge is -2.16. The Morgan fingerprint density at radius 3 is 2.55 bits per heavy atom. The van der Waals surface area contributed by atoms with Gasteiger partial charge in [-0.3, -0.25) is 0 Å². The van der Waals surface area contributed by atoms with E-state index in [0.717, 1.165) is 24.5 Å². The van der Waals surface area contributed by atoms with Gasteiger partial charge in [-0.25, -0.2) is 4.98 Å². The minimum atomic E-state index is 0.420. The highest BCUT2D eigenvalue weighted by atomic mass is 16.5. The van der Waals surface area contributed by atoms with Crippen LogP contribution in [0.4, 0.5) is 0 Å². The molecule has 0 fully saturated rings. The molecule has 20 heavy (non-hydrogen) atoms. The molecular formula is C16H23N3O. The smallest absolute Gasteiger partial charge is 0.146 e. The van der Waals surface area contributed by atoms with Gasteiger partial charge in [-0.05, 0) is 30.7 Å². The van der Waals surface area contributed by atoms with Crippen molar-refractivity contribution >= 4 is 0 Å². The fourth-order valence-corrected chi connectivity index (χ4v) is 2.22. The molecule has 0 bridgehead atoms. The summed E-state index contributed by atoms with van der Waals surface area (Å²) >= 11 is 0. The zero-order valence-corrected chi connectivity index (χ0v) is 12.5. The Hall–Kier alpha value is -1.81. The number of rotatable bonds is 7. The standard InChI is InChI=1S/C16H23N3O/c1-4-15(17-5-2)13-6-8-14(9-7-13)20-12-16-18-10-11-19(16)3/h6-11,15,17H,4-5,12H2,1-3H3. The van der Waals surface area contributed by atoms with Crippen LogP contribution in [0.25, 0.3) is 0 Å². The van der Waals surface area contributed by atoms with E-state index in [1.807, 2.05) is 29.9 Å². The molecule has 1 N–H and O–H groups in total. The molecule has 4 heteroatoms. The van der Waals surface area contributed by atoms with E-state index in [4.69, 9.17) is 4.74 Å². The van der Waals surface area contributed by atoms with Crippen LogP contribution in [0.15, 0.2) is 36.7 Å². The van der Waals surface area contributed by atoms with E-state index in [-0.39, 0.29) is 0 Å². The molecule has 1 heterocycles. The molecule has 0 aliphatic carbocycles. The van der Waals surface area contributed by atoms with E-state index in [0.29, 0.717) is 12.6 Å². The third kappa shape index (κ3) is 3.61. The highest BCUT2D eigenvalue weighted by Gasteiger charge is 2.07. The van der Waals surface area contributed by atoms with Gasteiger partial charge in [0, 0.05) is 25.5 Å². The Morgan fingerprint density at radius 1 is 1.25 bits per heavy atom. The third-order valence-corrected chi connectivity index (χ3v) is 3.43. The molecule has 2 aromatic rings. The molecule has 0 aliphatic rings. The number of hydrogen-bond donors (Lipinski definition) is 1. The molecule has 0 amide bonds. The van der Waals surface area contributed by atoms with Crippen molar-refractivity contribution in [3.63, 3.8) is 0 Å². The van der Waals surface area contributed by atoms with Crippen molar-refractivity contribution in [2.24, 2.45) is 7.05 Å². The van der Waals surface area contributed by atoms with Gasteiger partial charge in [0.25, 0.3) is 0 Å². The lowest BCUT2D eigenvalue weighted by Crippen LogP contribution is -2.19. The summed E-state index contributed by atoms with van der Waals surface area (Å²) in [4.78, 5) is 4.24. The summed E-state index contributed by atoms with van der Waals surface area (Å²) in [6.07, 6.45) is 4.79. The lowest BCUT2D eigenvalue weighted by atomic mass is 10.0. The SMILES string of the molecule is CCNC(CC)c1ccc(OCc2nccn2C)cc1. The fraction of sp³-hybridized carbons (Fsp3) is 0.438. The molecular weight excluding hydrogens is 250 g/mol. The first-order valence-corrected chi connectivity index (χ1v) is 7.17. The van der Waals surface area contributed by atoms with Gasteiger partial charge >= 0.3 is 0 Å². The van der Waals surface area contributed by atoms with E-state index >= 15 is 0 Å². The first-order valence-electron chi connectivity index (χ1n) is 7.17. The molecule has 1 aromatic carbocycles. The van der Waals surface area contributed by atoms with Crippen LogP contribution >= 0.6 is 0 Å². The van der Waals surface area contributed by atoms with Crippen LogP contribution in [-0.2, 0) is 13.7 Å². The number of aryl methyl sites for hydroxylation is 1. The highest BCUT2D eigenvalue weighted by molar-refractivity contribution is 5.29. The van der Waals surface area contributed by atoms with E-state index in [1.54, 1.807) is 6.20 Å². The fourth-order valence-electron chi connectivity index (χ4n) is 2.22. The predicted molar refractivity (Wildman–Crippen MR) is 80.7 cm³/mol. The topological polar surface area (TPSA) is 39.1 Å². The van der Waals surface area contributed by atoms with Crippen molar-refractivity contribution in [3.05, 3.63) is 48.0 Å². The lowest BCUT2D eigenvalue weighted by molar-refractivity contribution is 0.291. The summed E-state index contributed by atoms with van der Waals surface area (Å²) in [5, 5.41) is 3.48. The Kier molecular flexibility index (Phi) is 5.18. The molecule has 4 nitrogen and oxygen atoms in total. The van der Waals surface area contributed by atoms with Gasteiger partial charge in [-0.1, -0.05) is 26.0 Å². The predicted octanol–water partition coefficient (Wildman–Crippen LogP) is 3.06. The van der Waals surface area contributed by atoms with Crippen LogP contribution in [0.1, 0.15) is 37.7 Å². The number of hydrogen-bond acceptors (Lipinski definition) is 3. The van der Waals surface area contributed by atoms with Gasteiger partial charge in [-0.15, -0.1) is 0 Å². The zero-order chi connectivity index (χ0) is 14.4. The minimum absolute atomic E-state index is 0.420. The van der Waals surface area contributed by atoms with Crippen LogP contribution in [0.2, 0.25) is 0 Å². The van der Waals surface area contributed by atoms with Gasteiger partial charge in [0.05, 0.1) is 0 Å². The molecule has 1 atom stereocenters. The molecule has 1 unspecified atom stereocenters. The van der Waals surface area contributed by atoms with Crippen molar-refractivity contribution in [2.45, 2.75) is 32.9 Å². The largest absolute Gasteiger partial charge is 0.486 e. The highest BCUT2D eigenvalue weighted by Crippen LogP contribution is 2.20. The molecule has 0 saturated heterocycles. The van der Waals surface area contributed by atoms with Gasteiger partial charge < -0.3 is 14.6 Å². The maximum Gasteiger partial charge on any atom is 0.146 e. The second kappa shape index (κ2) is 7.10. The molecule has 108 valence electrons. The molecule has 0 radical (unpaired) electrons. The molecule has 0 saturated carbocycles. The van der Waals surface area contributed by atoms with E-state index in [1.165, 1.54) is 5.56 Å². The molecule has 1 aromatic heterocycles. The number of aromatic nitrogens is 2. The third-order valence-electron chi connectivity index (χ3n) is 3.43. The summed E-state index contributed by atoms with van der Waals surface area (Å²) in [5.41, 5.74) is 1.30. The van der Waals surface area contributed by atoms with E-state index < -0.39 is 0 Å². The maximum atomic E-state index is 5.76. The maximum absolute atomic E-state index is 5.76. The van der Waals surface area contributed by atoms with Crippen molar-refractivity contribution in [2.75, 3.05) is 6.54 Å². The average molecular weight is 273 g/mol. The van der Waals surface area contributed by atoms with E-state index in [2.05, 4.69) is 36.3 Å². The monoisotopic (exact) mass is 273 g/mol. The Balaban J connectivity index is 1.96. The van der Waals surface area contributed by atoms with Crippen LogP contribution in [-0.4, -0.2) is 16.1 Å². The van der Waals surface area contributed by atoms with Gasteiger partial charge in [0.2, 0.25) is 0 Å². The van der Waals surface area contributed by atoms with Crippen molar-refractivity contribution in [1.82, 2.24) is 14.9 Å². The number of imidazole rings is 1. The van der Waals surface area contributed by atoms with Crippen LogP contribution in [0.5, 0.6) is 5.75 Å². The zero-order valence-electron chi connectivity index (χ0n) is 12.5. The summed E-state index contributed by atoms with van der Waals surface area (Å²) in [5.74, 6) is 1.80.